The Kier molecular flexibility index (Phi) is 4.64. The Morgan fingerprint density at radius 1 is 1.32 bits per heavy atom. The van der Waals surface area contributed by atoms with Crippen LogP contribution >= 0.6 is 0 Å². The highest BCUT2D eigenvalue weighted by Gasteiger charge is 2.30. The largest absolute Gasteiger partial charge is 0.416 e. The molecule has 0 fully saturated rings. The van der Waals surface area contributed by atoms with E-state index in [1.54, 1.807) is 0 Å². The fraction of sp³-hybridized carbons (Fsp3) is 0.400. The van der Waals surface area contributed by atoms with Gasteiger partial charge in [-0.2, -0.15) is 13.2 Å². The minimum atomic E-state index is -4.46. The second-order valence-corrected chi connectivity index (χ2v) is 5.80. The molecule has 0 aliphatic carbocycles. The molecule has 108 valence electrons. The van der Waals surface area contributed by atoms with Crippen LogP contribution in [0.3, 0.4) is 0 Å². The first-order chi connectivity index (χ1) is 8.65. The molecule has 4 N–H and O–H groups in total. The summed E-state index contributed by atoms with van der Waals surface area (Å²) < 4.78 is 61.6. The van der Waals surface area contributed by atoms with Gasteiger partial charge in [-0.15, -0.1) is 0 Å². The summed E-state index contributed by atoms with van der Waals surface area (Å²) in [6.07, 6.45) is -4.46. The minimum absolute atomic E-state index is 0.0404. The van der Waals surface area contributed by atoms with E-state index in [2.05, 4.69) is 10.0 Å². The molecule has 0 spiro atoms. The van der Waals surface area contributed by atoms with Crippen molar-refractivity contribution in [3.8, 4) is 0 Å². The number of hydrogen-bond acceptors (Lipinski definition) is 4. The summed E-state index contributed by atoms with van der Waals surface area (Å²) in [5.74, 6) is -0.204. The maximum Gasteiger partial charge on any atom is 0.416 e. The van der Waals surface area contributed by atoms with Crippen LogP contribution in [-0.2, 0) is 16.2 Å². The smallest absolute Gasteiger partial charge is 0.397 e. The number of hydrogen-bond donors (Lipinski definition) is 3. The first-order valence-electron chi connectivity index (χ1n) is 5.27. The van der Waals surface area contributed by atoms with E-state index in [4.69, 9.17) is 5.73 Å². The molecule has 19 heavy (non-hydrogen) atoms. The third-order valence-electron chi connectivity index (χ3n) is 2.38. The molecule has 0 bridgehead atoms. The molecule has 0 atom stereocenters. The monoisotopic (exact) mass is 297 g/mol. The molecule has 1 rings (SSSR count). The van der Waals surface area contributed by atoms with E-state index in [-0.39, 0.29) is 23.7 Å². The van der Waals surface area contributed by atoms with Gasteiger partial charge < -0.3 is 11.1 Å². The number of sulfonamides is 1. The molecule has 0 unspecified atom stereocenters. The average Bonchev–Trinajstić information content (AvgIpc) is 2.30. The standard InChI is InChI=1S/C10H14F3N3O2S/c1-15-19(17,18)5-4-16-9-3-2-7(6-8(9)14)10(11,12)13/h2-3,6,15-16H,4-5,14H2,1H3. The number of nitrogen functional groups attached to an aromatic ring is 1. The number of nitrogens with two attached hydrogens (primary N) is 1. The van der Waals surface area contributed by atoms with Crippen molar-refractivity contribution in [2.75, 3.05) is 30.4 Å². The molecule has 0 aliphatic heterocycles. The van der Waals surface area contributed by atoms with Crippen LogP contribution < -0.4 is 15.8 Å². The number of anilines is 2. The fourth-order valence-corrected chi connectivity index (χ4v) is 1.90. The lowest BCUT2D eigenvalue weighted by molar-refractivity contribution is -0.137. The van der Waals surface area contributed by atoms with Crippen LogP contribution in [0.5, 0.6) is 0 Å². The van der Waals surface area contributed by atoms with Gasteiger partial charge in [0.25, 0.3) is 0 Å². The predicted octanol–water partition coefficient (Wildman–Crippen LogP) is 1.25. The number of nitrogens with one attached hydrogen (secondary N) is 2. The lowest BCUT2D eigenvalue weighted by atomic mass is 10.1. The van der Waals surface area contributed by atoms with Crippen LogP contribution in [0, 0.1) is 0 Å². The molecule has 0 saturated carbocycles. The highest BCUT2D eigenvalue weighted by atomic mass is 32.2. The molecule has 5 nitrogen and oxygen atoms in total. The lowest BCUT2D eigenvalue weighted by Crippen LogP contribution is -2.26. The van der Waals surface area contributed by atoms with Crippen LogP contribution in [0.25, 0.3) is 0 Å². The van der Waals surface area contributed by atoms with Crippen LogP contribution in [0.15, 0.2) is 18.2 Å². The average molecular weight is 297 g/mol. The molecule has 0 saturated heterocycles. The van der Waals surface area contributed by atoms with Crippen molar-refractivity contribution in [2.24, 2.45) is 0 Å². The fourth-order valence-electron chi connectivity index (χ4n) is 1.32. The molecule has 1 aromatic rings. The third kappa shape index (κ3) is 4.60. The number of alkyl halides is 3. The Morgan fingerprint density at radius 3 is 2.42 bits per heavy atom. The van der Waals surface area contributed by atoms with E-state index in [0.29, 0.717) is 0 Å². The zero-order chi connectivity index (χ0) is 14.7. The highest BCUT2D eigenvalue weighted by Crippen LogP contribution is 2.32. The van der Waals surface area contributed by atoms with Gasteiger partial charge >= 0.3 is 6.18 Å². The molecule has 0 aliphatic rings. The van der Waals surface area contributed by atoms with E-state index >= 15 is 0 Å². The van der Waals surface area contributed by atoms with Gasteiger partial charge in [0, 0.05) is 6.54 Å². The summed E-state index contributed by atoms with van der Waals surface area (Å²) >= 11 is 0. The summed E-state index contributed by atoms with van der Waals surface area (Å²) in [5.41, 5.74) is 4.80. The zero-order valence-corrected chi connectivity index (χ0v) is 10.9. The predicted molar refractivity (Wildman–Crippen MR) is 67.2 cm³/mol. The molecule has 0 amide bonds. The van der Waals surface area contributed by atoms with Crippen molar-refractivity contribution < 1.29 is 21.6 Å². The number of benzene rings is 1. The van der Waals surface area contributed by atoms with E-state index in [9.17, 15) is 21.6 Å². The minimum Gasteiger partial charge on any atom is -0.397 e. The van der Waals surface area contributed by atoms with Gasteiger partial charge in [0.1, 0.15) is 0 Å². The highest BCUT2D eigenvalue weighted by molar-refractivity contribution is 7.89. The molecular formula is C10H14F3N3O2S. The van der Waals surface area contributed by atoms with Crippen molar-refractivity contribution in [3.63, 3.8) is 0 Å². The Morgan fingerprint density at radius 2 is 1.95 bits per heavy atom. The maximum atomic E-state index is 12.4. The van der Waals surface area contributed by atoms with Gasteiger partial charge in [0.2, 0.25) is 10.0 Å². The lowest BCUT2D eigenvalue weighted by Gasteiger charge is -2.12. The third-order valence-corrected chi connectivity index (χ3v) is 3.74. The van der Waals surface area contributed by atoms with Crippen LogP contribution in [-0.4, -0.2) is 27.8 Å². The Labute approximate surface area is 109 Å². The van der Waals surface area contributed by atoms with Crippen LogP contribution in [0.1, 0.15) is 5.56 Å². The summed E-state index contributed by atoms with van der Waals surface area (Å²) in [6, 6.07) is 2.85. The van der Waals surface area contributed by atoms with Crippen LogP contribution in [0.4, 0.5) is 24.5 Å². The van der Waals surface area contributed by atoms with Crippen molar-refractivity contribution in [2.45, 2.75) is 6.18 Å². The van der Waals surface area contributed by atoms with Gasteiger partial charge in [-0.05, 0) is 25.2 Å². The van der Waals surface area contributed by atoms with Gasteiger partial charge in [0.15, 0.2) is 0 Å². The molecule has 0 aromatic heterocycles. The van der Waals surface area contributed by atoms with E-state index in [1.807, 2.05) is 0 Å². The second-order valence-electron chi connectivity index (χ2n) is 3.75. The van der Waals surface area contributed by atoms with E-state index in [0.717, 1.165) is 12.1 Å². The number of halogens is 3. The first kappa shape index (κ1) is 15.6. The molecule has 1 aromatic carbocycles. The van der Waals surface area contributed by atoms with Crippen molar-refractivity contribution >= 4 is 21.4 Å². The maximum absolute atomic E-state index is 12.4. The Bertz CT molecular complexity index is 543. The Balaban J connectivity index is 2.71. The van der Waals surface area contributed by atoms with Crippen molar-refractivity contribution in [1.82, 2.24) is 4.72 Å². The van der Waals surface area contributed by atoms with E-state index in [1.165, 1.54) is 13.1 Å². The van der Waals surface area contributed by atoms with Crippen molar-refractivity contribution in [1.29, 1.82) is 0 Å². The summed E-state index contributed by atoms with van der Waals surface area (Å²) in [7, 11) is -2.09. The number of rotatable bonds is 5. The van der Waals surface area contributed by atoms with Gasteiger partial charge in [-0.3, -0.25) is 0 Å². The molecule has 9 heteroatoms. The summed E-state index contributed by atoms with van der Waals surface area (Å²) in [4.78, 5) is 0. The molecular weight excluding hydrogens is 283 g/mol. The quantitative estimate of drug-likeness (QED) is 0.714. The molecule has 0 heterocycles. The van der Waals surface area contributed by atoms with Gasteiger partial charge in [-0.1, -0.05) is 0 Å². The van der Waals surface area contributed by atoms with Crippen LogP contribution in [0.2, 0.25) is 0 Å². The Hall–Kier alpha value is -1.48. The normalized spacial score (nSPS) is 12.4. The topological polar surface area (TPSA) is 84.2 Å². The summed E-state index contributed by atoms with van der Waals surface area (Å²) in [6.45, 7) is 0.0404. The first-order valence-corrected chi connectivity index (χ1v) is 6.93. The van der Waals surface area contributed by atoms with Crippen molar-refractivity contribution in [3.05, 3.63) is 23.8 Å². The van der Waals surface area contributed by atoms with E-state index < -0.39 is 21.8 Å². The summed E-state index contributed by atoms with van der Waals surface area (Å²) in [5, 5.41) is 2.67. The van der Waals surface area contributed by atoms with Gasteiger partial charge in [-0.25, -0.2) is 13.1 Å². The SMILES string of the molecule is CNS(=O)(=O)CCNc1ccc(C(F)(F)F)cc1N. The molecule has 0 radical (unpaired) electrons. The second kappa shape index (κ2) is 5.66. The van der Waals surface area contributed by atoms with Gasteiger partial charge in [0.05, 0.1) is 22.7 Å². The zero-order valence-electron chi connectivity index (χ0n) is 10.1.